The Balaban J connectivity index is 1.99. The lowest BCUT2D eigenvalue weighted by Gasteiger charge is -2.22. The minimum Gasteiger partial charge on any atom is -0.459 e. The highest BCUT2D eigenvalue weighted by molar-refractivity contribution is 5.92. The molecule has 0 aliphatic heterocycles. The largest absolute Gasteiger partial charge is 0.459 e. The van der Waals surface area contributed by atoms with Gasteiger partial charge in [0.25, 0.3) is 0 Å². The van der Waals surface area contributed by atoms with E-state index in [2.05, 4.69) is 5.32 Å². The molecule has 0 aliphatic carbocycles. The van der Waals surface area contributed by atoms with Crippen molar-refractivity contribution in [3.8, 4) is 0 Å². The number of nitrogens with two attached hydrogens (primary N) is 1. The quantitative estimate of drug-likeness (QED) is 0.325. The summed E-state index contributed by atoms with van der Waals surface area (Å²) >= 11 is 0. The number of esters is 3. The third kappa shape index (κ3) is 9.83. The molecule has 9 nitrogen and oxygen atoms in total. The van der Waals surface area contributed by atoms with Crippen LogP contribution in [0.1, 0.15) is 38.3 Å². The van der Waals surface area contributed by atoms with Crippen LogP contribution in [0.25, 0.3) is 0 Å². The van der Waals surface area contributed by atoms with Crippen molar-refractivity contribution in [2.24, 2.45) is 5.73 Å². The van der Waals surface area contributed by atoms with Crippen molar-refractivity contribution in [3.05, 3.63) is 71.8 Å². The van der Waals surface area contributed by atoms with Gasteiger partial charge in [0.1, 0.15) is 24.3 Å². The van der Waals surface area contributed by atoms with Gasteiger partial charge in [-0.1, -0.05) is 60.7 Å². The van der Waals surface area contributed by atoms with Gasteiger partial charge in [-0.05, 0) is 38.3 Å². The number of ether oxygens (including phenoxy) is 3. The third-order valence-corrected chi connectivity index (χ3v) is 4.39. The first-order valence-corrected chi connectivity index (χ1v) is 10.8. The molecule has 0 bridgehead atoms. The van der Waals surface area contributed by atoms with Crippen LogP contribution in [0, 0.1) is 0 Å². The Bertz CT molecular complexity index is 972. The van der Waals surface area contributed by atoms with Crippen molar-refractivity contribution in [1.82, 2.24) is 5.32 Å². The van der Waals surface area contributed by atoms with Crippen molar-refractivity contribution in [2.45, 2.75) is 57.9 Å². The van der Waals surface area contributed by atoms with E-state index in [1.807, 2.05) is 12.1 Å². The number of alkyl carbamates (subject to hydrolysis) is 1. The predicted molar refractivity (Wildman–Crippen MR) is 123 cm³/mol. The van der Waals surface area contributed by atoms with E-state index in [-0.39, 0.29) is 13.0 Å². The molecule has 0 heterocycles. The van der Waals surface area contributed by atoms with Gasteiger partial charge in [0.15, 0.2) is 0 Å². The lowest BCUT2D eigenvalue weighted by atomic mass is 10.1. The molecular formula is C25H30N2O7. The standard InChI is InChI=1S/C25H30N2O7/c1-25(2,3)34-24(31)27-20(23(30)32-16-18-12-8-5-9-13-18)15-21(28)33-22(29)19(26)14-17-10-6-4-7-11-17/h4-13,19-20H,14-16,26H2,1-3H3,(H,27,31)/t19-,20-/m0/s1. The minimum atomic E-state index is -1.43. The van der Waals surface area contributed by atoms with Crippen LogP contribution < -0.4 is 11.1 Å². The lowest BCUT2D eigenvalue weighted by molar-refractivity contribution is -0.163. The second-order valence-electron chi connectivity index (χ2n) is 8.59. The predicted octanol–water partition coefficient (Wildman–Crippen LogP) is 2.65. The Morgan fingerprint density at radius 1 is 0.882 bits per heavy atom. The molecule has 2 aromatic carbocycles. The topological polar surface area (TPSA) is 134 Å². The zero-order valence-corrected chi connectivity index (χ0v) is 19.5. The van der Waals surface area contributed by atoms with Crippen LogP contribution in [0.2, 0.25) is 0 Å². The average molecular weight is 471 g/mol. The molecule has 0 fully saturated rings. The molecule has 2 atom stereocenters. The summed E-state index contributed by atoms with van der Waals surface area (Å²) in [6.45, 7) is 4.88. The maximum atomic E-state index is 12.6. The van der Waals surface area contributed by atoms with Crippen LogP contribution in [0.15, 0.2) is 60.7 Å². The molecule has 2 rings (SSSR count). The van der Waals surface area contributed by atoms with Gasteiger partial charge >= 0.3 is 24.0 Å². The van der Waals surface area contributed by atoms with Gasteiger partial charge in [-0.3, -0.25) is 4.79 Å². The van der Waals surface area contributed by atoms with Crippen molar-refractivity contribution < 1.29 is 33.4 Å². The van der Waals surface area contributed by atoms with E-state index < -0.39 is 48.1 Å². The zero-order chi connectivity index (χ0) is 25.1. The van der Waals surface area contributed by atoms with E-state index in [1.165, 1.54) is 0 Å². The van der Waals surface area contributed by atoms with Crippen molar-refractivity contribution >= 4 is 24.0 Å². The van der Waals surface area contributed by atoms with E-state index in [1.54, 1.807) is 69.3 Å². The third-order valence-electron chi connectivity index (χ3n) is 4.39. The molecule has 9 heteroatoms. The molecule has 0 aromatic heterocycles. The molecule has 0 radical (unpaired) electrons. The fourth-order valence-electron chi connectivity index (χ4n) is 2.82. The van der Waals surface area contributed by atoms with Crippen LogP contribution in [0.4, 0.5) is 4.79 Å². The monoisotopic (exact) mass is 470 g/mol. The van der Waals surface area contributed by atoms with E-state index in [4.69, 9.17) is 19.9 Å². The number of hydrogen-bond acceptors (Lipinski definition) is 8. The Kier molecular flexibility index (Phi) is 9.76. The van der Waals surface area contributed by atoms with Crippen LogP contribution in [-0.4, -0.2) is 41.7 Å². The highest BCUT2D eigenvalue weighted by Gasteiger charge is 2.30. The van der Waals surface area contributed by atoms with Crippen molar-refractivity contribution in [2.75, 3.05) is 0 Å². The smallest absolute Gasteiger partial charge is 0.408 e. The number of hydrogen-bond donors (Lipinski definition) is 2. The summed E-state index contributed by atoms with van der Waals surface area (Å²) in [5.41, 5.74) is 6.53. The summed E-state index contributed by atoms with van der Waals surface area (Å²) in [5.74, 6) is -2.86. The SMILES string of the molecule is CC(C)(C)OC(=O)N[C@@H](CC(=O)OC(=O)[C@@H](N)Cc1ccccc1)C(=O)OCc1ccccc1. The Morgan fingerprint density at radius 3 is 2.00 bits per heavy atom. The van der Waals surface area contributed by atoms with Crippen LogP contribution in [-0.2, 0) is 41.6 Å². The second-order valence-corrected chi connectivity index (χ2v) is 8.59. The summed E-state index contributed by atoms with van der Waals surface area (Å²) in [6.07, 6.45) is -1.39. The molecule has 0 aliphatic rings. The first kappa shape index (κ1) is 26.5. The molecule has 2 aromatic rings. The lowest BCUT2D eigenvalue weighted by Crippen LogP contribution is -2.46. The average Bonchev–Trinajstić information content (AvgIpc) is 2.77. The van der Waals surface area contributed by atoms with Gasteiger partial charge in [0.05, 0.1) is 6.42 Å². The summed E-state index contributed by atoms with van der Waals surface area (Å²) in [6, 6.07) is 15.4. The Morgan fingerprint density at radius 2 is 1.44 bits per heavy atom. The number of nitrogens with one attached hydrogen (secondary N) is 1. The highest BCUT2D eigenvalue weighted by atomic mass is 16.6. The first-order valence-electron chi connectivity index (χ1n) is 10.8. The molecule has 34 heavy (non-hydrogen) atoms. The number of benzene rings is 2. The fraction of sp³-hybridized carbons (Fsp3) is 0.360. The molecule has 0 spiro atoms. The summed E-state index contributed by atoms with van der Waals surface area (Å²) < 4.78 is 15.2. The number of amides is 1. The summed E-state index contributed by atoms with van der Waals surface area (Å²) in [5, 5.41) is 2.30. The highest BCUT2D eigenvalue weighted by Crippen LogP contribution is 2.10. The minimum absolute atomic E-state index is 0.0674. The Labute approximate surface area is 198 Å². The van der Waals surface area contributed by atoms with Crippen LogP contribution >= 0.6 is 0 Å². The van der Waals surface area contributed by atoms with Gasteiger partial charge in [-0.15, -0.1) is 0 Å². The van der Waals surface area contributed by atoms with Gasteiger partial charge in [-0.2, -0.15) is 0 Å². The maximum absolute atomic E-state index is 12.6. The van der Waals surface area contributed by atoms with Gasteiger partial charge in [0.2, 0.25) is 0 Å². The van der Waals surface area contributed by atoms with Gasteiger partial charge < -0.3 is 25.3 Å². The second kappa shape index (κ2) is 12.5. The molecule has 3 N–H and O–H groups in total. The summed E-state index contributed by atoms with van der Waals surface area (Å²) in [7, 11) is 0. The molecule has 1 amide bonds. The molecule has 0 saturated carbocycles. The molecule has 0 saturated heterocycles. The van der Waals surface area contributed by atoms with Gasteiger partial charge in [0, 0.05) is 0 Å². The normalized spacial score (nSPS) is 12.7. The molecule has 182 valence electrons. The van der Waals surface area contributed by atoms with E-state index >= 15 is 0 Å². The molecular weight excluding hydrogens is 440 g/mol. The van der Waals surface area contributed by atoms with E-state index in [0.29, 0.717) is 0 Å². The zero-order valence-electron chi connectivity index (χ0n) is 19.5. The van der Waals surface area contributed by atoms with Crippen molar-refractivity contribution in [3.63, 3.8) is 0 Å². The fourth-order valence-corrected chi connectivity index (χ4v) is 2.82. The van der Waals surface area contributed by atoms with Crippen LogP contribution in [0.5, 0.6) is 0 Å². The van der Waals surface area contributed by atoms with Gasteiger partial charge in [-0.25, -0.2) is 14.4 Å². The Hall–Kier alpha value is -3.72. The maximum Gasteiger partial charge on any atom is 0.408 e. The molecule has 0 unspecified atom stereocenters. The first-order chi connectivity index (χ1) is 16.0. The van der Waals surface area contributed by atoms with E-state index in [0.717, 1.165) is 11.1 Å². The van der Waals surface area contributed by atoms with E-state index in [9.17, 15) is 19.2 Å². The number of rotatable bonds is 9. The number of carbonyl (C=O) groups is 4. The van der Waals surface area contributed by atoms with Crippen LogP contribution in [0.3, 0.4) is 0 Å². The van der Waals surface area contributed by atoms with Crippen molar-refractivity contribution in [1.29, 1.82) is 0 Å². The summed E-state index contributed by atoms with van der Waals surface area (Å²) in [4.78, 5) is 49.4. The number of carbonyl (C=O) groups excluding carboxylic acids is 4.